The fourth-order valence-corrected chi connectivity index (χ4v) is 2.29. The lowest BCUT2D eigenvalue weighted by Crippen LogP contribution is -2.45. The minimum atomic E-state index is -1.09. The van der Waals surface area contributed by atoms with Crippen LogP contribution in [0, 0.1) is 11.3 Å². The van der Waals surface area contributed by atoms with Crippen LogP contribution in [0.25, 0.3) is 0 Å². The summed E-state index contributed by atoms with van der Waals surface area (Å²) in [6.07, 6.45) is -1.75. The zero-order chi connectivity index (χ0) is 17.2. The van der Waals surface area contributed by atoms with Crippen molar-refractivity contribution in [3.63, 3.8) is 0 Å². The molecule has 2 rings (SSSR count). The molecule has 0 spiro atoms. The number of alkyl carbamates (subject to hydrolysis) is 1. The van der Waals surface area contributed by atoms with Gasteiger partial charge in [0.2, 0.25) is 0 Å². The van der Waals surface area contributed by atoms with Gasteiger partial charge in [-0.05, 0) is 32.4 Å². The molecule has 0 bridgehead atoms. The number of carbonyl (C=O) groups is 2. The zero-order valence-electron chi connectivity index (χ0n) is 13.2. The lowest BCUT2D eigenvalue weighted by atomic mass is 10.0. The first-order valence-corrected chi connectivity index (χ1v) is 7.07. The molecule has 0 saturated heterocycles. The number of carbonyl (C=O) groups excluding carboxylic acids is 1. The topological polar surface area (TPSA) is 116 Å². The summed E-state index contributed by atoms with van der Waals surface area (Å²) in [4.78, 5) is 28.6. The largest absolute Gasteiger partial charge is 0.465 e. The Labute approximate surface area is 133 Å². The van der Waals surface area contributed by atoms with Crippen molar-refractivity contribution in [3.8, 4) is 6.07 Å². The van der Waals surface area contributed by atoms with Gasteiger partial charge in [-0.15, -0.1) is 0 Å². The molecule has 2 amide bonds. The van der Waals surface area contributed by atoms with Crippen LogP contribution in [0.2, 0.25) is 0 Å². The second kappa shape index (κ2) is 6.12. The Morgan fingerprint density at radius 1 is 1.48 bits per heavy atom. The van der Waals surface area contributed by atoms with Gasteiger partial charge in [0.1, 0.15) is 17.4 Å². The van der Waals surface area contributed by atoms with Crippen LogP contribution in [-0.4, -0.2) is 39.3 Å². The van der Waals surface area contributed by atoms with Gasteiger partial charge < -0.3 is 20.1 Å². The highest BCUT2D eigenvalue weighted by molar-refractivity contribution is 5.69. The van der Waals surface area contributed by atoms with E-state index in [0.717, 1.165) is 0 Å². The Hall–Kier alpha value is -2.82. The first kappa shape index (κ1) is 16.5. The van der Waals surface area contributed by atoms with Crippen molar-refractivity contribution in [3.05, 3.63) is 29.1 Å². The van der Waals surface area contributed by atoms with Crippen molar-refractivity contribution in [2.75, 3.05) is 6.54 Å². The molecule has 1 atom stereocenters. The number of pyridine rings is 1. The number of nitrogens with one attached hydrogen (secondary N) is 1. The van der Waals surface area contributed by atoms with Crippen molar-refractivity contribution >= 4 is 12.2 Å². The molecular formula is C15H18N4O4. The molecule has 2 heterocycles. The van der Waals surface area contributed by atoms with Gasteiger partial charge in [0, 0.05) is 0 Å². The second-order valence-electron chi connectivity index (χ2n) is 6.21. The summed E-state index contributed by atoms with van der Waals surface area (Å²) in [5.41, 5.74) is 0.686. The molecule has 0 saturated carbocycles. The highest BCUT2D eigenvalue weighted by atomic mass is 16.6. The molecule has 0 aliphatic carbocycles. The summed E-state index contributed by atoms with van der Waals surface area (Å²) in [5.74, 6) is 0. The monoisotopic (exact) mass is 318 g/mol. The summed E-state index contributed by atoms with van der Waals surface area (Å²) in [6.45, 7) is 5.41. The van der Waals surface area contributed by atoms with E-state index in [1.165, 1.54) is 11.0 Å². The third-order valence-corrected chi connectivity index (χ3v) is 3.18. The van der Waals surface area contributed by atoms with E-state index in [0.29, 0.717) is 11.3 Å². The van der Waals surface area contributed by atoms with Crippen molar-refractivity contribution < 1.29 is 19.4 Å². The summed E-state index contributed by atoms with van der Waals surface area (Å²) in [6, 6.07) is 4.44. The standard InChI is InChI=1S/C15H18N4O4/c1-15(2,3)23-13(20)18-11-8-19(14(21)22)7-9-4-5-10(6-16)17-12(9)11/h4-5,11H,7-8H2,1-3H3,(H,18,20)(H,21,22). The molecule has 23 heavy (non-hydrogen) atoms. The lowest BCUT2D eigenvalue weighted by Gasteiger charge is -2.33. The van der Waals surface area contributed by atoms with Crippen molar-refractivity contribution in [1.29, 1.82) is 5.26 Å². The summed E-state index contributed by atoms with van der Waals surface area (Å²) in [5, 5.41) is 20.8. The second-order valence-corrected chi connectivity index (χ2v) is 6.21. The maximum atomic E-state index is 12.0. The minimum Gasteiger partial charge on any atom is -0.465 e. The Morgan fingerprint density at radius 3 is 2.74 bits per heavy atom. The molecule has 1 aromatic heterocycles. The SMILES string of the molecule is CC(C)(C)OC(=O)NC1CN(C(=O)O)Cc2ccc(C#N)nc21. The van der Waals surface area contributed by atoms with E-state index >= 15 is 0 Å². The van der Waals surface area contributed by atoms with Crippen molar-refractivity contribution in [2.24, 2.45) is 0 Å². The van der Waals surface area contributed by atoms with Crippen molar-refractivity contribution in [2.45, 2.75) is 39.0 Å². The van der Waals surface area contributed by atoms with Crippen LogP contribution in [-0.2, 0) is 11.3 Å². The van der Waals surface area contributed by atoms with E-state index in [2.05, 4.69) is 10.3 Å². The van der Waals surface area contributed by atoms with E-state index in [-0.39, 0.29) is 18.8 Å². The van der Waals surface area contributed by atoms with E-state index in [4.69, 9.17) is 10.00 Å². The maximum Gasteiger partial charge on any atom is 0.408 e. The van der Waals surface area contributed by atoms with Gasteiger partial charge in [-0.25, -0.2) is 14.6 Å². The highest BCUT2D eigenvalue weighted by Gasteiger charge is 2.31. The molecule has 122 valence electrons. The van der Waals surface area contributed by atoms with Crippen LogP contribution in [0.1, 0.15) is 43.8 Å². The highest BCUT2D eigenvalue weighted by Crippen LogP contribution is 2.25. The Bertz CT molecular complexity index is 675. The van der Waals surface area contributed by atoms with Gasteiger partial charge >= 0.3 is 12.2 Å². The van der Waals surface area contributed by atoms with Crippen LogP contribution in [0.3, 0.4) is 0 Å². The van der Waals surface area contributed by atoms with Crippen LogP contribution < -0.4 is 5.32 Å². The summed E-state index contributed by atoms with van der Waals surface area (Å²) < 4.78 is 5.20. The normalized spacial score (nSPS) is 17.0. The maximum absolute atomic E-state index is 12.0. The third kappa shape index (κ3) is 4.10. The fraction of sp³-hybridized carbons (Fsp3) is 0.467. The van der Waals surface area contributed by atoms with Crippen LogP contribution in [0.5, 0.6) is 0 Å². The number of ether oxygens (including phenoxy) is 1. The fourth-order valence-electron chi connectivity index (χ4n) is 2.29. The minimum absolute atomic E-state index is 0.0451. The van der Waals surface area contributed by atoms with Gasteiger partial charge in [-0.2, -0.15) is 5.26 Å². The zero-order valence-corrected chi connectivity index (χ0v) is 13.2. The first-order chi connectivity index (χ1) is 10.7. The number of fused-ring (bicyclic) bond motifs is 1. The number of rotatable bonds is 1. The Kier molecular flexibility index (Phi) is 4.40. The van der Waals surface area contributed by atoms with E-state index in [9.17, 15) is 14.7 Å². The number of nitrogens with zero attached hydrogens (tertiary/aromatic N) is 3. The van der Waals surface area contributed by atoms with Gasteiger partial charge in [0.25, 0.3) is 0 Å². The third-order valence-electron chi connectivity index (χ3n) is 3.18. The van der Waals surface area contributed by atoms with Gasteiger partial charge in [-0.1, -0.05) is 6.07 Å². The number of hydrogen-bond donors (Lipinski definition) is 2. The lowest BCUT2D eigenvalue weighted by molar-refractivity contribution is 0.0478. The van der Waals surface area contributed by atoms with E-state index < -0.39 is 23.8 Å². The summed E-state index contributed by atoms with van der Waals surface area (Å²) in [7, 11) is 0. The molecular weight excluding hydrogens is 300 g/mol. The van der Waals surface area contributed by atoms with Crippen LogP contribution in [0.4, 0.5) is 9.59 Å². The van der Waals surface area contributed by atoms with Gasteiger partial charge in [-0.3, -0.25) is 0 Å². The molecule has 0 radical (unpaired) electrons. The number of aromatic nitrogens is 1. The molecule has 8 nitrogen and oxygen atoms in total. The van der Waals surface area contributed by atoms with Gasteiger partial charge in [0.05, 0.1) is 24.8 Å². The molecule has 0 aromatic carbocycles. The summed E-state index contributed by atoms with van der Waals surface area (Å²) >= 11 is 0. The average Bonchev–Trinajstić information content (AvgIpc) is 2.44. The van der Waals surface area contributed by atoms with Crippen LogP contribution >= 0.6 is 0 Å². The van der Waals surface area contributed by atoms with Gasteiger partial charge in [0.15, 0.2) is 0 Å². The van der Waals surface area contributed by atoms with Crippen LogP contribution in [0.15, 0.2) is 12.1 Å². The molecule has 1 aliphatic rings. The van der Waals surface area contributed by atoms with Crippen molar-refractivity contribution in [1.82, 2.24) is 15.2 Å². The molecule has 2 N–H and O–H groups in total. The predicted molar refractivity (Wildman–Crippen MR) is 79.5 cm³/mol. The molecule has 0 fully saturated rings. The van der Waals surface area contributed by atoms with E-state index in [1.807, 2.05) is 6.07 Å². The molecule has 1 aliphatic heterocycles. The Balaban J connectivity index is 2.28. The molecule has 1 aromatic rings. The molecule has 1 unspecified atom stereocenters. The number of amides is 2. The number of hydrogen-bond acceptors (Lipinski definition) is 5. The quantitative estimate of drug-likeness (QED) is 0.818. The Morgan fingerprint density at radius 2 is 2.17 bits per heavy atom. The van der Waals surface area contributed by atoms with E-state index in [1.54, 1.807) is 26.8 Å². The number of nitriles is 1. The smallest absolute Gasteiger partial charge is 0.408 e. The average molecular weight is 318 g/mol. The first-order valence-electron chi connectivity index (χ1n) is 7.07. The number of carboxylic acid groups (broad SMARTS) is 1. The predicted octanol–water partition coefficient (Wildman–Crippen LogP) is 2.01. The molecule has 8 heteroatoms.